The summed E-state index contributed by atoms with van der Waals surface area (Å²) < 4.78 is 15.0. The molecule has 0 saturated carbocycles. The van der Waals surface area contributed by atoms with Crippen LogP contribution in [-0.2, 0) is 29.1 Å². The number of amides is 4. The Morgan fingerprint density at radius 1 is 1.00 bits per heavy atom. The minimum atomic E-state index is -0.687. The first-order chi connectivity index (χ1) is 17.4. The lowest BCUT2D eigenvalue weighted by Crippen LogP contribution is -2.52. The molecule has 1 N–H and O–H groups in total. The van der Waals surface area contributed by atoms with Crippen LogP contribution in [0, 0.1) is 5.82 Å². The van der Waals surface area contributed by atoms with Gasteiger partial charge in [0.25, 0.3) is 11.8 Å². The van der Waals surface area contributed by atoms with Crippen LogP contribution in [0.4, 0.5) is 4.39 Å². The maximum atomic E-state index is 13.5. The van der Waals surface area contributed by atoms with Gasteiger partial charge in [0, 0.05) is 31.6 Å². The van der Waals surface area contributed by atoms with Gasteiger partial charge in [-0.1, -0.05) is 11.3 Å². The zero-order valence-electron chi connectivity index (χ0n) is 19.1. The molecule has 0 aliphatic carbocycles. The summed E-state index contributed by atoms with van der Waals surface area (Å²) in [5.41, 5.74) is 3.84. The molecular weight excluding hydrogens is 467 g/mol. The molecule has 1 saturated heterocycles. The Hall–Kier alpha value is -4.41. The van der Waals surface area contributed by atoms with Crippen molar-refractivity contribution in [2.45, 2.75) is 38.4 Å². The van der Waals surface area contributed by atoms with Crippen molar-refractivity contribution in [1.29, 1.82) is 0 Å². The highest BCUT2D eigenvalue weighted by Crippen LogP contribution is 2.29. The quantitative estimate of drug-likeness (QED) is 0.557. The third-order valence-corrected chi connectivity index (χ3v) is 6.95. The molecule has 0 bridgehead atoms. The van der Waals surface area contributed by atoms with E-state index in [-0.39, 0.29) is 42.2 Å². The summed E-state index contributed by atoms with van der Waals surface area (Å²) >= 11 is 0. The Morgan fingerprint density at radius 2 is 1.86 bits per heavy atom. The molecule has 1 aromatic heterocycles. The minimum absolute atomic E-state index is 0.183. The molecule has 1 unspecified atom stereocenters. The number of halogens is 1. The van der Waals surface area contributed by atoms with Gasteiger partial charge in [0.15, 0.2) is 5.69 Å². The second kappa shape index (κ2) is 8.36. The highest BCUT2D eigenvalue weighted by molar-refractivity contribution is 6.05. The van der Waals surface area contributed by atoms with Crippen LogP contribution in [0.1, 0.15) is 50.4 Å². The summed E-state index contributed by atoms with van der Waals surface area (Å²) in [6.45, 7) is 1.07. The molecule has 182 valence electrons. The van der Waals surface area contributed by atoms with Gasteiger partial charge in [0.2, 0.25) is 11.8 Å². The zero-order chi connectivity index (χ0) is 25.0. The number of carbonyl (C=O) groups excluding carboxylic acids is 4. The lowest BCUT2D eigenvalue weighted by molar-refractivity contribution is -0.136. The van der Waals surface area contributed by atoms with Gasteiger partial charge in [0.1, 0.15) is 11.9 Å². The van der Waals surface area contributed by atoms with E-state index in [4.69, 9.17) is 0 Å². The van der Waals surface area contributed by atoms with Crippen LogP contribution >= 0.6 is 0 Å². The maximum Gasteiger partial charge on any atom is 0.276 e. The smallest absolute Gasteiger partial charge is 0.276 e. The number of nitrogens with zero attached hydrogens (tertiary/aromatic N) is 5. The molecule has 3 aliphatic rings. The SMILES string of the molecule is O=C1CCC(N2Cc3cc(-n4cc(C(=O)N5CCc6cc(F)ccc6C5)nn4)ccc3C2=O)C(=O)N1. The topological polar surface area (TPSA) is 118 Å². The van der Waals surface area contributed by atoms with Gasteiger partial charge in [-0.3, -0.25) is 24.5 Å². The van der Waals surface area contributed by atoms with Gasteiger partial charge in [-0.2, -0.15) is 0 Å². The van der Waals surface area contributed by atoms with Crippen LogP contribution in [0.5, 0.6) is 0 Å². The Balaban J connectivity index is 1.19. The number of aromatic nitrogens is 3. The van der Waals surface area contributed by atoms with Crippen molar-refractivity contribution >= 4 is 23.6 Å². The molecule has 3 aromatic rings. The van der Waals surface area contributed by atoms with Gasteiger partial charge < -0.3 is 9.80 Å². The fourth-order valence-electron chi connectivity index (χ4n) is 5.05. The largest absolute Gasteiger partial charge is 0.333 e. The molecule has 1 atom stereocenters. The monoisotopic (exact) mass is 488 g/mol. The Morgan fingerprint density at radius 3 is 2.69 bits per heavy atom. The zero-order valence-corrected chi connectivity index (χ0v) is 19.1. The van der Waals surface area contributed by atoms with Gasteiger partial charge in [0.05, 0.1) is 11.9 Å². The lowest BCUT2D eigenvalue weighted by atomic mass is 9.99. The maximum absolute atomic E-state index is 13.5. The molecule has 3 aliphatic heterocycles. The second-order valence-electron chi connectivity index (χ2n) is 9.18. The van der Waals surface area contributed by atoms with Crippen LogP contribution in [-0.4, -0.2) is 61.0 Å². The molecule has 1 fully saturated rings. The van der Waals surface area contributed by atoms with Crippen molar-refractivity contribution in [1.82, 2.24) is 30.1 Å². The summed E-state index contributed by atoms with van der Waals surface area (Å²) in [5.74, 6) is -1.60. The number of carbonyl (C=O) groups is 4. The van der Waals surface area contributed by atoms with Gasteiger partial charge in [-0.05, 0) is 59.9 Å². The van der Waals surface area contributed by atoms with E-state index in [0.29, 0.717) is 37.2 Å². The highest BCUT2D eigenvalue weighted by Gasteiger charge is 2.39. The Bertz CT molecular complexity index is 1450. The van der Waals surface area contributed by atoms with Crippen LogP contribution in [0.3, 0.4) is 0 Å². The number of hydrogen-bond donors (Lipinski definition) is 1. The summed E-state index contributed by atoms with van der Waals surface area (Å²) in [6, 6.07) is 9.07. The van der Waals surface area contributed by atoms with Crippen molar-refractivity contribution in [3.8, 4) is 5.69 Å². The first-order valence-corrected chi connectivity index (χ1v) is 11.6. The van der Waals surface area contributed by atoms with E-state index >= 15 is 0 Å². The van der Waals surface area contributed by atoms with Crippen LogP contribution < -0.4 is 5.32 Å². The first kappa shape index (κ1) is 22.1. The number of imide groups is 1. The van der Waals surface area contributed by atoms with Gasteiger partial charge >= 0.3 is 0 Å². The number of benzene rings is 2. The Labute approximate surface area is 204 Å². The highest BCUT2D eigenvalue weighted by atomic mass is 19.1. The third kappa shape index (κ3) is 3.72. The number of fused-ring (bicyclic) bond motifs is 2. The van der Waals surface area contributed by atoms with E-state index in [0.717, 1.165) is 16.7 Å². The number of hydrogen-bond acceptors (Lipinski definition) is 6. The number of piperidine rings is 1. The Kier molecular flexibility index (Phi) is 5.13. The van der Waals surface area contributed by atoms with E-state index < -0.39 is 11.9 Å². The van der Waals surface area contributed by atoms with E-state index in [1.165, 1.54) is 21.7 Å². The van der Waals surface area contributed by atoms with Crippen LogP contribution in [0.2, 0.25) is 0 Å². The van der Waals surface area contributed by atoms with E-state index in [1.807, 2.05) is 0 Å². The molecule has 10 nitrogen and oxygen atoms in total. The van der Waals surface area contributed by atoms with E-state index in [2.05, 4.69) is 15.6 Å². The van der Waals surface area contributed by atoms with E-state index in [1.54, 1.807) is 35.4 Å². The van der Waals surface area contributed by atoms with Crippen molar-refractivity contribution in [3.05, 3.63) is 76.4 Å². The van der Waals surface area contributed by atoms with Gasteiger partial charge in [-0.25, -0.2) is 9.07 Å². The molecule has 6 rings (SSSR count). The third-order valence-electron chi connectivity index (χ3n) is 6.95. The number of rotatable bonds is 3. The first-order valence-electron chi connectivity index (χ1n) is 11.6. The van der Waals surface area contributed by atoms with Crippen LogP contribution in [0.15, 0.2) is 42.6 Å². The molecular formula is C25H21FN6O4. The van der Waals surface area contributed by atoms with Crippen molar-refractivity contribution in [3.63, 3.8) is 0 Å². The minimum Gasteiger partial charge on any atom is -0.333 e. The fraction of sp³-hybridized carbons (Fsp3) is 0.280. The normalized spacial score (nSPS) is 19.2. The average molecular weight is 488 g/mol. The molecule has 4 heterocycles. The summed E-state index contributed by atoms with van der Waals surface area (Å²) in [4.78, 5) is 52.8. The summed E-state index contributed by atoms with van der Waals surface area (Å²) in [7, 11) is 0. The molecule has 0 spiro atoms. The fourth-order valence-corrected chi connectivity index (χ4v) is 5.05. The predicted octanol–water partition coefficient (Wildman–Crippen LogP) is 1.37. The molecule has 4 amide bonds. The van der Waals surface area contributed by atoms with Gasteiger partial charge in [-0.15, -0.1) is 5.10 Å². The van der Waals surface area contributed by atoms with E-state index in [9.17, 15) is 23.6 Å². The average Bonchev–Trinajstić information content (AvgIpc) is 3.48. The number of nitrogens with one attached hydrogen (secondary N) is 1. The molecule has 11 heteroatoms. The van der Waals surface area contributed by atoms with Crippen LogP contribution in [0.25, 0.3) is 5.69 Å². The summed E-state index contributed by atoms with van der Waals surface area (Å²) in [6.07, 6.45) is 2.59. The predicted molar refractivity (Wildman–Crippen MR) is 122 cm³/mol. The second-order valence-corrected chi connectivity index (χ2v) is 9.18. The summed E-state index contributed by atoms with van der Waals surface area (Å²) in [5, 5.41) is 10.4. The lowest BCUT2D eigenvalue weighted by Gasteiger charge is -2.29. The van der Waals surface area contributed by atoms with Crippen molar-refractivity contribution in [2.75, 3.05) is 6.54 Å². The molecule has 36 heavy (non-hydrogen) atoms. The molecule has 2 aromatic carbocycles. The van der Waals surface area contributed by atoms with Crippen molar-refractivity contribution in [2.24, 2.45) is 0 Å². The van der Waals surface area contributed by atoms with Crippen molar-refractivity contribution < 1.29 is 23.6 Å². The molecule has 0 radical (unpaired) electrons. The standard InChI is InChI=1S/C25H21FN6O4/c26-17-2-1-15-11-30(8-7-14(15)9-17)25(36)20-13-32(29-28-20)18-3-4-19-16(10-18)12-31(24(19)35)21-5-6-22(33)27-23(21)34/h1-4,9-10,13,21H,5-8,11-12H2,(H,27,33,34).